The van der Waals surface area contributed by atoms with Crippen LogP contribution in [0.3, 0.4) is 0 Å². The summed E-state index contributed by atoms with van der Waals surface area (Å²) in [7, 11) is -2.80. The van der Waals surface area contributed by atoms with Crippen LogP contribution >= 0.6 is 0 Å². The van der Waals surface area contributed by atoms with Gasteiger partial charge >= 0.3 is 12.4 Å². The summed E-state index contributed by atoms with van der Waals surface area (Å²) >= 11 is 0. The van der Waals surface area contributed by atoms with Gasteiger partial charge in [-0.15, -0.1) is 0 Å². The van der Waals surface area contributed by atoms with Crippen molar-refractivity contribution in [1.82, 2.24) is 0 Å². The van der Waals surface area contributed by atoms with Gasteiger partial charge in [0.15, 0.2) is 0 Å². The Hall–Kier alpha value is -3.03. The van der Waals surface area contributed by atoms with Gasteiger partial charge < -0.3 is 0 Å². The highest BCUT2D eigenvalue weighted by molar-refractivity contribution is 7.85. The topological polar surface area (TPSA) is 103 Å². The quantitative estimate of drug-likeness (QED) is 0.399. The van der Waals surface area contributed by atoms with Crippen LogP contribution in [0.5, 0.6) is 0 Å². The van der Waals surface area contributed by atoms with Gasteiger partial charge in [-0.05, 0) is 24.3 Å². The molecule has 0 N–H and O–H groups in total. The van der Waals surface area contributed by atoms with Crippen molar-refractivity contribution in [1.29, 1.82) is 0 Å². The molecule has 0 bridgehead atoms. The van der Waals surface area contributed by atoms with E-state index in [1.807, 2.05) is 0 Å². The number of nitro groups is 2. The number of halogens is 6. The number of alkyl halides is 6. The van der Waals surface area contributed by atoms with E-state index in [9.17, 15) is 50.8 Å². The summed E-state index contributed by atoms with van der Waals surface area (Å²) in [6, 6.07) is 1.88. The normalized spacial score (nSPS) is 12.2. The zero-order valence-corrected chi connectivity index (χ0v) is 13.9. The summed E-state index contributed by atoms with van der Waals surface area (Å²) in [4.78, 5) is 17.9. The molecule has 0 saturated carbocycles. The van der Waals surface area contributed by atoms with Gasteiger partial charge in [0.2, 0.25) is 0 Å². The summed E-state index contributed by atoms with van der Waals surface area (Å²) in [5, 5.41) is 22.1. The molecule has 0 amide bonds. The Labute approximate surface area is 153 Å². The highest BCUT2D eigenvalue weighted by Crippen LogP contribution is 2.38. The van der Waals surface area contributed by atoms with E-state index in [2.05, 4.69) is 0 Å². The zero-order chi connectivity index (χ0) is 21.4. The van der Waals surface area contributed by atoms with E-state index in [1.54, 1.807) is 0 Å². The van der Waals surface area contributed by atoms with Crippen molar-refractivity contribution in [3.05, 3.63) is 67.8 Å². The highest BCUT2D eigenvalue weighted by Gasteiger charge is 2.36. The first-order chi connectivity index (χ1) is 12.7. The van der Waals surface area contributed by atoms with Crippen LogP contribution in [-0.4, -0.2) is 14.1 Å². The second-order valence-electron chi connectivity index (χ2n) is 5.14. The van der Waals surface area contributed by atoms with Crippen molar-refractivity contribution in [2.45, 2.75) is 22.1 Å². The van der Waals surface area contributed by atoms with Crippen molar-refractivity contribution in [2.24, 2.45) is 0 Å². The number of rotatable bonds is 4. The summed E-state index contributed by atoms with van der Waals surface area (Å²) in [6.45, 7) is 0. The number of nitrogens with zero attached hydrogens (tertiary/aromatic N) is 2. The van der Waals surface area contributed by atoms with Crippen LogP contribution in [0.4, 0.5) is 37.7 Å². The molecule has 2 aromatic carbocycles. The van der Waals surface area contributed by atoms with Crippen molar-refractivity contribution >= 4 is 22.2 Å². The van der Waals surface area contributed by atoms with Gasteiger partial charge in [-0.1, -0.05) is 0 Å². The molecule has 14 heteroatoms. The Balaban J connectivity index is 2.66. The first-order valence-corrected chi connectivity index (χ1v) is 8.01. The molecule has 0 spiro atoms. The third kappa shape index (κ3) is 4.27. The molecule has 7 nitrogen and oxygen atoms in total. The maximum Gasteiger partial charge on any atom is 0.416 e. The van der Waals surface area contributed by atoms with E-state index in [4.69, 9.17) is 0 Å². The predicted octanol–water partition coefficient (Wildman–Crippen LogP) is 4.71. The number of benzene rings is 2. The van der Waals surface area contributed by atoms with Crippen molar-refractivity contribution in [2.75, 3.05) is 0 Å². The summed E-state index contributed by atoms with van der Waals surface area (Å²) in [6.07, 6.45) is -9.91. The van der Waals surface area contributed by atoms with Gasteiger partial charge in [0.1, 0.15) is 9.79 Å². The first-order valence-electron chi connectivity index (χ1n) is 6.86. The lowest BCUT2D eigenvalue weighted by Gasteiger charge is -2.10. The van der Waals surface area contributed by atoms with Crippen LogP contribution in [0.15, 0.2) is 46.2 Å². The molecular weight excluding hydrogens is 422 g/mol. The van der Waals surface area contributed by atoms with Gasteiger partial charge in [-0.3, -0.25) is 20.2 Å². The Bertz CT molecular complexity index is 912. The van der Waals surface area contributed by atoms with Gasteiger partial charge in [-0.2, -0.15) is 26.3 Å². The average Bonchev–Trinajstić information content (AvgIpc) is 2.58. The number of hydrogen-bond donors (Lipinski definition) is 0. The van der Waals surface area contributed by atoms with Crippen LogP contribution in [0.1, 0.15) is 11.1 Å². The molecule has 150 valence electrons. The smallest absolute Gasteiger partial charge is 0.258 e. The standard InChI is InChI=1S/C14H6F6N2O5S/c15-13(16,17)7-1-3-11(9(5-7)21(23)24)28(27)12-4-2-8(14(18,19)20)6-10(12)22(25)26/h1-6H. The van der Waals surface area contributed by atoms with Crippen LogP contribution < -0.4 is 0 Å². The second-order valence-corrected chi connectivity index (χ2v) is 6.56. The fraction of sp³-hybridized carbons (Fsp3) is 0.143. The van der Waals surface area contributed by atoms with E-state index in [-0.39, 0.29) is 12.1 Å². The molecule has 0 atom stereocenters. The maximum absolute atomic E-state index is 12.7. The van der Waals surface area contributed by atoms with Crippen LogP contribution in [-0.2, 0) is 23.2 Å². The summed E-state index contributed by atoms with van der Waals surface area (Å²) < 4.78 is 88.9. The van der Waals surface area contributed by atoms with Crippen LogP contribution in [0, 0.1) is 20.2 Å². The van der Waals surface area contributed by atoms with Gasteiger partial charge in [-0.25, -0.2) is 4.21 Å². The third-order valence-corrected chi connectivity index (χ3v) is 4.85. The fourth-order valence-electron chi connectivity index (χ4n) is 2.10. The minimum absolute atomic E-state index is 0.0865. The molecular formula is C14H6F6N2O5S. The van der Waals surface area contributed by atoms with E-state index < -0.39 is 65.3 Å². The van der Waals surface area contributed by atoms with Crippen molar-refractivity contribution in [3.63, 3.8) is 0 Å². The molecule has 0 unspecified atom stereocenters. The van der Waals surface area contributed by atoms with Gasteiger partial charge in [0, 0.05) is 12.1 Å². The maximum atomic E-state index is 12.7. The summed E-state index contributed by atoms with van der Waals surface area (Å²) in [5.41, 5.74) is -5.35. The first kappa shape index (κ1) is 21.3. The largest absolute Gasteiger partial charge is 0.416 e. The third-order valence-electron chi connectivity index (χ3n) is 3.37. The van der Waals surface area contributed by atoms with Gasteiger partial charge in [0.05, 0.1) is 31.8 Å². The molecule has 0 radical (unpaired) electrons. The van der Waals surface area contributed by atoms with E-state index in [1.165, 1.54) is 0 Å². The average molecular weight is 428 g/mol. The SMILES string of the molecule is O=[N+]([O-])c1cc(C(F)(F)F)ccc1S(=O)c1ccc(C(F)(F)F)cc1[N+](=O)[O-]. The lowest BCUT2D eigenvalue weighted by atomic mass is 10.2. The summed E-state index contributed by atoms with van der Waals surface area (Å²) in [5.74, 6) is 0. The van der Waals surface area contributed by atoms with E-state index >= 15 is 0 Å². The lowest BCUT2D eigenvalue weighted by molar-refractivity contribution is -0.388. The van der Waals surface area contributed by atoms with Crippen LogP contribution in [0.2, 0.25) is 0 Å². The Morgan fingerprint density at radius 1 is 0.714 bits per heavy atom. The molecule has 2 rings (SSSR count). The Morgan fingerprint density at radius 2 is 1.04 bits per heavy atom. The van der Waals surface area contributed by atoms with Gasteiger partial charge in [0.25, 0.3) is 11.4 Å². The molecule has 0 aromatic heterocycles. The van der Waals surface area contributed by atoms with Crippen molar-refractivity contribution < 1.29 is 40.4 Å². The Morgan fingerprint density at radius 3 is 1.29 bits per heavy atom. The van der Waals surface area contributed by atoms with Crippen LogP contribution in [0.25, 0.3) is 0 Å². The predicted molar refractivity (Wildman–Crippen MR) is 80.9 cm³/mol. The molecule has 0 aliphatic carbocycles. The highest BCUT2D eigenvalue weighted by atomic mass is 32.2. The zero-order valence-electron chi connectivity index (χ0n) is 13.1. The molecule has 0 heterocycles. The molecule has 0 aliphatic rings. The molecule has 0 aliphatic heterocycles. The molecule has 2 aromatic rings. The number of hydrogen-bond acceptors (Lipinski definition) is 5. The monoisotopic (exact) mass is 428 g/mol. The molecule has 0 saturated heterocycles. The number of nitro benzene ring substituents is 2. The lowest BCUT2D eigenvalue weighted by Crippen LogP contribution is -2.09. The van der Waals surface area contributed by atoms with E-state index in [0.717, 1.165) is 0 Å². The Kier molecular flexibility index (Phi) is 5.45. The molecule has 0 fully saturated rings. The fourth-order valence-corrected chi connectivity index (χ4v) is 3.37. The van der Waals surface area contributed by atoms with E-state index in [0.29, 0.717) is 24.3 Å². The molecule has 28 heavy (non-hydrogen) atoms. The minimum atomic E-state index is -4.95. The van der Waals surface area contributed by atoms with Crippen molar-refractivity contribution in [3.8, 4) is 0 Å². The minimum Gasteiger partial charge on any atom is -0.258 e. The second kappa shape index (κ2) is 7.18.